The number of carbonyl (C=O) groups excluding carboxylic acids is 1. The Morgan fingerprint density at radius 1 is 1.41 bits per heavy atom. The summed E-state index contributed by atoms with van der Waals surface area (Å²) in [6.07, 6.45) is 2.75. The van der Waals surface area contributed by atoms with E-state index >= 15 is 0 Å². The molecule has 98 valence electrons. The molecule has 5 nitrogen and oxygen atoms in total. The van der Waals surface area contributed by atoms with E-state index in [1.165, 1.54) is 0 Å². The van der Waals surface area contributed by atoms with Crippen molar-refractivity contribution in [3.8, 4) is 0 Å². The molecule has 1 unspecified atom stereocenters. The van der Waals surface area contributed by atoms with Gasteiger partial charge < -0.3 is 16.2 Å². The highest BCUT2D eigenvalue weighted by Crippen LogP contribution is 2.35. The number of carbonyl (C=O) groups is 2. The van der Waals surface area contributed by atoms with Gasteiger partial charge in [-0.25, -0.2) is 0 Å². The van der Waals surface area contributed by atoms with Gasteiger partial charge >= 0.3 is 5.97 Å². The SMILES string of the molecule is CC(C)C(N)CC(=O)NC1(CC(=O)O)CCC1. The zero-order valence-electron chi connectivity index (χ0n) is 10.5. The fraction of sp³-hybridized carbons (Fsp3) is 0.833. The van der Waals surface area contributed by atoms with Crippen molar-refractivity contribution >= 4 is 11.9 Å². The fourth-order valence-corrected chi connectivity index (χ4v) is 2.04. The van der Waals surface area contributed by atoms with Crippen LogP contribution < -0.4 is 11.1 Å². The maximum absolute atomic E-state index is 11.8. The molecule has 17 heavy (non-hydrogen) atoms. The minimum absolute atomic E-state index is 0.00958. The van der Waals surface area contributed by atoms with Crippen molar-refractivity contribution < 1.29 is 14.7 Å². The summed E-state index contributed by atoms with van der Waals surface area (Å²) in [5, 5.41) is 11.7. The molecular weight excluding hydrogens is 220 g/mol. The summed E-state index contributed by atoms with van der Waals surface area (Å²) in [5.74, 6) is -0.747. The summed E-state index contributed by atoms with van der Waals surface area (Å²) in [6, 6.07) is -0.169. The second kappa shape index (κ2) is 5.49. The maximum atomic E-state index is 11.8. The lowest BCUT2D eigenvalue weighted by atomic mass is 9.74. The van der Waals surface area contributed by atoms with Crippen LogP contribution in [-0.4, -0.2) is 28.6 Å². The molecule has 0 heterocycles. The van der Waals surface area contributed by atoms with Gasteiger partial charge in [0.05, 0.1) is 12.0 Å². The van der Waals surface area contributed by atoms with Crippen LogP contribution in [0.25, 0.3) is 0 Å². The molecule has 1 aliphatic carbocycles. The zero-order valence-corrected chi connectivity index (χ0v) is 10.5. The van der Waals surface area contributed by atoms with Crippen LogP contribution >= 0.6 is 0 Å². The molecule has 0 aliphatic heterocycles. The number of rotatable bonds is 6. The standard InChI is InChI=1S/C12H22N2O3/c1-8(2)9(13)6-10(15)14-12(4-3-5-12)7-11(16)17/h8-9H,3-7,13H2,1-2H3,(H,14,15)(H,16,17). The minimum atomic E-state index is -0.863. The lowest BCUT2D eigenvalue weighted by molar-refractivity contribution is -0.140. The predicted octanol–water partition coefficient (Wildman–Crippen LogP) is 0.873. The molecule has 0 spiro atoms. The van der Waals surface area contributed by atoms with Crippen LogP contribution in [0.2, 0.25) is 0 Å². The Bertz CT molecular complexity index is 298. The lowest BCUT2D eigenvalue weighted by Gasteiger charge is -2.41. The number of hydrogen-bond acceptors (Lipinski definition) is 3. The van der Waals surface area contributed by atoms with Gasteiger partial charge in [-0.1, -0.05) is 13.8 Å². The number of carboxylic acid groups (broad SMARTS) is 1. The van der Waals surface area contributed by atoms with Crippen LogP contribution in [0.3, 0.4) is 0 Å². The number of aliphatic carboxylic acids is 1. The van der Waals surface area contributed by atoms with E-state index in [9.17, 15) is 9.59 Å². The van der Waals surface area contributed by atoms with Crippen molar-refractivity contribution in [2.75, 3.05) is 0 Å². The van der Waals surface area contributed by atoms with Gasteiger partial charge in [-0.3, -0.25) is 9.59 Å². The van der Waals surface area contributed by atoms with Crippen molar-refractivity contribution in [2.24, 2.45) is 11.7 Å². The van der Waals surface area contributed by atoms with Gasteiger partial charge in [0.25, 0.3) is 0 Å². The number of carboxylic acids is 1. The van der Waals surface area contributed by atoms with Crippen LogP contribution in [0.1, 0.15) is 46.0 Å². The second-order valence-corrected chi connectivity index (χ2v) is 5.36. The average Bonchev–Trinajstić information content (AvgIpc) is 2.13. The van der Waals surface area contributed by atoms with E-state index in [-0.39, 0.29) is 30.7 Å². The third kappa shape index (κ3) is 4.00. The van der Waals surface area contributed by atoms with Crippen molar-refractivity contribution in [2.45, 2.75) is 57.5 Å². The Balaban J connectivity index is 2.46. The summed E-state index contributed by atoms with van der Waals surface area (Å²) in [4.78, 5) is 22.5. The summed E-state index contributed by atoms with van der Waals surface area (Å²) >= 11 is 0. The first-order chi connectivity index (χ1) is 7.84. The molecule has 0 aromatic heterocycles. The summed E-state index contributed by atoms with van der Waals surface area (Å²) < 4.78 is 0. The molecule has 0 bridgehead atoms. The van der Waals surface area contributed by atoms with Crippen molar-refractivity contribution in [1.82, 2.24) is 5.32 Å². The molecule has 4 N–H and O–H groups in total. The van der Waals surface area contributed by atoms with Crippen molar-refractivity contribution in [1.29, 1.82) is 0 Å². The predicted molar refractivity (Wildman–Crippen MR) is 64.4 cm³/mol. The van der Waals surface area contributed by atoms with E-state index in [2.05, 4.69) is 5.32 Å². The summed E-state index contributed by atoms with van der Waals surface area (Å²) in [7, 11) is 0. The minimum Gasteiger partial charge on any atom is -0.481 e. The maximum Gasteiger partial charge on any atom is 0.305 e. The molecular formula is C12H22N2O3. The second-order valence-electron chi connectivity index (χ2n) is 5.36. The van der Waals surface area contributed by atoms with E-state index in [1.807, 2.05) is 13.8 Å². The number of nitrogens with one attached hydrogen (secondary N) is 1. The van der Waals surface area contributed by atoms with Gasteiger partial charge in [0, 0.05) is 12.5 Å². The van der Waals surface area contributed by atoms with Gasteiger partial charge in [-0.15, -0.1) is 0 Å². The quantitative estimate of drug-likeness (QED) is 0.644. The fourth-order valence-electron chi connectivity index (χ4n) is 2.04. The third-order valence-corrected chi connectivity index (χ3v) is 3.48. The summed E-state index contributed by atoms with van der Waals surface area (Å²) in [5.41, 5.74) is 5.31. The first-order valence-corrected chi connectivity index (χ1v) is 6.13. The zero-order chi connectivity index (χ0) is 13.1. The van der Waals surface area contributed by atoms with Crippen LogP contribution in [-0.2, 0) is 9.59 Å². The molecule has 5 heteroatoms. The molecule has 1 atom stereocenters. The van der Waals surface area contributed by atoms with Gasteiger partial charge in [-0.2, -0.15) is 0 Å². The van der Waals surface area contributed by atoms with Crippen LogP contribution in [0.4, 0.5) is 0 Å². The van der Waals surface area contributed by atoms with Crippen LogP contribution in [0.5, 0.6) is 0 Å². The Labute approximate surface area is 102 Å². The van der Waals surface area contributed by atoms with Gasteiger partial charge in [-0.05, 0) is 25.2 Å². The van der Waals surface area contributed by atoms with Gasteiger partial charge in [0.1, 0.15) is 0 Å². The molecule has 0 radical (unpaired) electrons. The third-order valence-electron chi connectivity index (χ3n) is 3.48. The molecule has 1 aliphatic rings. The molecule has 0 aromatic carbocycles. The van der Waals surface area contributed by atoms with Gasteiger partial charge in [0.15, 0.2) is 0 Å². The highest BCUT2D eigenvalue weighted by molar-refractivity contribution is 5.79. The topological polar surface area (TPSA) is 92.4 Å². The highest BCUT2D eigenvalue weighted by Gasteiger charge is 2.40. The van der Waals surface area contributed by atoms with Crippen LogP contribution in [0.15, 0.2) is 0 Å². The normalized spacial score (nSPS) is 19.5. The van der Waals surface area contributed by atoms with Crippen LogP contribution in [0, 0.1) is 5.92 Å². The number of amides is 1. The Kier molecular flexibility index (Phi) is 4.51. The van der Waals surface area contributed by atoms with E-state index < -0.39 is 11.5 Å². The highest BCUT2D eigenvalue weighted by atomic mass is 16.4. The van der Waals surface area contributed by atoms with Crippen molar-refractivity contribution in [3.05, 3.63) is 0 Å². The first kappa shape index (κ1) is 14.0. The number of nitrogens with two attached hydrogens (primary N) is 1. The molecule has 1 fully saturated rings. The van der Waals surface area contributed by atoms with Gasteiger partial charge in [0.2, 0.25) is 5.91 Å². The number of hydrogen-bond donors (Lipinski definition) is 3. The average molecular weight is 242 g/mol. The lowest BCUT2D eigenvalue weighted by Crippen LogP contribution is -2.55. The van der Waals surface area contributed by atoms with E-state index in [1.54, 1.807) is 0 Å². The summed E-state index contributed by atoms with van der Waals surface area (Å²) in [6.45, 7) is 3.93. The largest absolute Gasteiger partial charge is 0.481 e. The molecule has 1 rings (SSSR count). The molecule has 1 saturated carbocycles. The molecule has 0 saturated heterocycles. The molecule has 0 aromatic rings. The Hall–Kier alpha value is -1.10. The smallest absolute Gasteiger partial charge is 0.305 e. The van der Waals surface area contributed by atoms with E-state index in [4.69, 9.17) is 10.8 Å². The van der Waals surface area contributed by atoms with E-state index in [0.717, 1.165) is 19.3 Å². The first-order valence-electron chi connectivity index (χ1n) is 6.13. The Morgan fingerprint density at radius 2 is 2.00 bits per heavy atom. The molecule has 1 amide bonds. The monoisotopic (exact) mass is 242 g/mol. The van der Waals surface area contributed by atoms with Crippen molar-refractivity contribution in [3.63, 3.8) is 0 Å². The van der Waals surface area contributed by atoms with E-state index in [0.29, 0.717) is 0 Å². The Morgan fingerprint density at radius 3 is 2.35 bits per heavy atom.